The molecule has 3 rings (SSSR count). The van der Waals surface area contributed by atoms with Crippen molar-refractivity contribution in [2.45, 2.75) is 13.8 Å². The second-order valence-electron chi connectivity index (χ2n) is 6.01. The van der Waals surface area contributed by atoms with Crippen LogP contribution in [0.2, 0.25) is 0 Å². The van der Waals surface area contributed by atoms with Gasteiger partial charge in [0.2, 0.25) is 0 Å². The lowest BCUT2D eigenvalue weighted by atomic mass is 10.0. The third-order valence-corrected chi connectivity index (χ3v) is 4.20. The monoisotopic (exact) mass is 366 g/mol. The second kappa shape index (κ2) is 8.05. The fraction of sp³-hybridized carbons (Fsp3) is 0.238. The van der Waals surface area contributed by atoms with Gasteiger partial charge in [-0.05, 0) is 44.2 Å². The van der Waals surface area contributed by atoms with E-state index in [1.807, 2.05) is 44.2 Å². The number of benzene rings is 2. The van der Waals surface area contributed by atoms with Crippen molar-refractivity contribution in [3.63, 3.8) is 0 Å². The van der Waals surface area contributed by atoms with E-state index in [2.05, 4.69) is 5.48 Å². The van der Waals surface area contributed by atoms with E-state index in [9.17, 15) is 4.79 Å². The number of fused-ring (bicyclic) bond motifs is 1. The molecule has 0 spiro atoms. The molecule has 6 nitrogen and oxygen atoms in total. The number of hydroxylamine groups is 1. The van der Waals surface area contributed by atoms with Crippen LogP contribution in [0.25, 0.3) is 22.2 Å². The molecule has 0 unspecified atom stereocenters. The van der Waals surface area contributed by atoms with Crippen LogP contribution in [0.1, 0.15) is 22.8 Å². The number of nitrogens with one attached hydrogen (secondary N) is 1. The minimum Gasteiger partial charge on any atom is -0.497 e. The Balaban J connectivity index is 2.20. The Morgan fingerprint density at radius 3 is 2.59 bits per heavy atom. The van der Waals surface area contributed by atoms with Gasteiger partial charge in [0.05, 0.1) is 37.6 Å². The number of aromatic nitrogens is 1. The molecule has 1 aromatic heterocycles. The predicted molar refractivity (Wildman–Crippen MR) is 104 cm³/mol. The van der Waals surface area contributed by atoms with E-state index in [-0.39, 0.29) is 5.91 Å². The molecule has 0 aliphatic carbocycles. The molecule has 0 saturated heterocycles. The zero-order valence-corrected chi connectivity index (χ0v) is 15.8. The van der Waals surface area contributed by atoms with Crippen LogP contribution in [0.5, 0.6) is 11.5 Å². The average molecular weight is 366 g/mol. The molecule has 0 aliphatic rings. The first-order chi connectivity index (χ1) is 13.1. The molecule has 0 saturated carbocycles. The van der Waals surface area contributed by atoms with Crippen LogP contribution in [-0.2, 0) is 4.84 Å². The van der Waals surface area contributed by atoms with E-state index in [1.165, 1.54) is 0 Å². The summed E-state index contributed by atoms with van der Waals surface area (Å²) in [5, 5.41) is 0.767. The first-order valence-corrected chi connectivity index (χ1v) is 8.63. The molecule has 3 aromatic rings. The summed E-state index contributed by atoms with van der Waals surface area (Å²) < 4.78 is 10.7. The van der Waals surface area contributed by atoms with Crippen molar-refractivity contribution in [1.29, 1.82) is 0 Å². The van der Waals surface area contributed by atoms with Crippen LogP contribution in [0, 0.1) is 6.92 Å². The number of methoxy groups -OCH3 is 2. The summed E-state index contributed by atoms with van der Waals surface area (Å²) in [5.41, 5.74) is 6.13. The number of carbonyl (C=O) groups is 1. The van der Waals surface area contributed by atoms with E-state index in [0.29, 0.717) is 29.4 Å². The Hall–Kier alpha value is -3.12. The lowest BCUT2D eigenvalue weighted by Gasteiger charge is -2.13. The molecule has 6 heteroatoms. The van der Waals surface area contributed by atoms with Gasteiger partial charge in [-0.25, -0.2) is 10.5 Å². The van der Waals surface area contributed by atoms with Crippen LogP contribution in [-0.4, -0.2) is 31.7 Å². The number of nitrogens with zero attached hydrogens (tertiary/aromatic N) is 1. The summed E-state index contributed by atoms with van der Waals surface area (Å²) in [6.45, 7) is 4.17. The highest BCUT2D eigenvalue weighted by atomic mass is 16.6. The van der Waals surface area contributed by atoms with Crippen LogP contribution in [0.15, 0.2) is 42.5 Å². The van der Waals surface area contributed by atoms with Gasteiger partial charge in [0.15, 0.2) is 0 Å². The maximum atomic E-state index is 12.7. The van der Waals surface area contributed by atoms with Crippen molar-refractivity contribution in [3.05, 3.63) is 53.6 Å². The Morgan fingerprint density at radius 2 is 1.89 bits per heavy atom. The van der Waals surface area contributed by atoms with Gasteiger partial charge in [-0.15, -0.1) is 0 Å². The molecular formula is C21H22N2O4. The van der Waals surface area contributed by atoms with Crippen LogP contribution < -0.4 is 15.0 Å². The molecular weight excluding hydrogens is 344 g/mol. The van der Waals surface area contributed by atoms with Gasteiger partial charge < -0.3 is 9.47 Å². The maximum Gasteiger partial charge on any atom is 0.275 e. The molecule has 0 fully saturated rings. The van der Waals surface area contributed by atoms with Crippen LogP contribution in [0.3, 0.4) is 0 Å². The van der Waals surface area contributed by atoms with Gasteiger partial charge in [-0.1, -0.05) is 11.6 Å². The third-order valence-electron chi connectivity index (χ3n) is 4.20. The van der Waals surface area contributed by atoms with E-state index in [4.69, 9.17) is 19.3 Å². The molecule has 1 amide bonds. The molecule has 27 heavy (non-hydrogen) atoms. The SMILES string of the molecule is CCONC(=O)c1cc(-c2ccc(OC)cc2OC)nc2ccc(C)cc12. The van der Waals surface area contributed by atoms with Crippen molar-refractivity contribution in [2.24, 2.45) is 0 Å². The fourth-order valence-electron chi connectivity index (χ4n) is 2.87. The summed E-state index contributed by atoms with van der Waals surface area (Å²) in [5.74, 6) is 0.981. The normalized spacial score (nSPS) is 10.7. The largest absolute Gasteiger partial charge is 0.497 e. The van der Waals surface area contributed by atoms with Crippen molar-refractivity contribution < 1.29 is 19.1 Å². The summed E-state index contributed by atoms with van der Waals surface area (Å²) in [6, 6.07) is 13.0. The number of ether oxygens (including phenoxy) is 2. The number of aryl methyl sites for hydroxylation is 1. The van der Waals surface area contributed by atoms with Crippen molar-refractivity contribution in [1.82, 2.24) is 10.5 Å². The minimum atomic E-state index is -0.316. The molecule has 1 N–H and O–H groups in total. The minimum absolute atomic E-state index is 0.316. The lowest BCUT2D eigenvalue weighted by Crippen LogP contribution is -2.24. The van der Waals surface area contributed by atoms with E-state index >= 15 is 0 Å². The smallest absolute Gasteiger partial charge is 0.275 e. The number of hydrogen-bond donors (Lipinski definition) is 1. The van der Waals surface area contributed by atoms with Gasteiger partial charge in [0, 0.05) is 17.0 Å². The highest BCUT2D eigenvalue weighted by molar-refractivity contribution is 6.07. The van der Waals surface area contributed by atoms with Crippen LogP contribution in [0.4, 0.5) is 0 Å². The maximum absolute atomic E-state index is 12.7. The first kappa shape index (κ1) is 18.7. The van der Waals surface area contributed by atoms with Gasteiger partial charge in [0.1, 0.15) is 11.5 Å². The summed E-state index contributed by atoms with van der Waals surface area (Å²) in [6.07, 6.45) is 0. The first-order valence-electron chi connectivity index (χ1n) is 8.63. The number of rotatable bonds is 6. The summed E-state index contributed by atoms with van der Waals surface area (Å²) in [4.78, 5) is 22.5. The lowest BCUT2D eigenvalue weighted by molar-refractivity contribution is 0.0366. The van der Waals surface area contributed by atoms with Gasteiger partial charge in [0.25, 0.3) is 5.91 Å². The predicted octanol–water partition coefficient (Wildman–Crippen LogP) is 3.91. The molecule has 0 bridgehead atoms. The Bertz CT molecular complexity index is 985. The van der Waals surface area contributed by atoms with Crippen molar-refractivity contribution in [3.8, 4) is 22.8 Å². The quantitative estimate of drug-likeness (QED) is 0.670. The Morgan fingerprint density at radius 1 is 1.07 bits per heavy atom. The topological polar surface area (TPSA) is 69.7 Å². The fourth-order valence-corrected chi connectivity index (χ4v) is 2.87. The number of pyridine rings is 1. The number of hydrogen-bond acceptors (Lipinski definition) is 5. The zero-order valence-electron chi connectivity index (χ0n) is 15.8. The molecule has 140 valence electrons. The Kier molecular flexibility index (Phi) is 5.57. The average Bonchev–Trinajstić information content (AvgIpc) is 2.70. The standard InChI is InChI=1S/C21H22N2O4/c1-5-27-23-21(24)17-12-19(22-18-9-6-13(2)10-16(17)18)15-8-7-14(25-3)11-20(15)26-4/h6-12H,5H2,1-4H3,(H,23,24). The van der Waals surface area contributed by atoms with Gasteiger partial charge in [-0.2, -0.15) is 0 Å². The second-order valence-corrected chi connectivity index (χ2v) is 6.01. The number of carbonyl (C=O) groups excluding carboxylic acids is 1. The van der Waals surface area contributed by atoms with E-state index < -0.39 is 0 Å². The molecule has 2 aromatic carbocycles. The Labute approximate surface area is 158 Å². The highest BCUT2D eigenvalue weighted by Crippen LogP contribution is 2.34. The molecule has 0 radical (unpaired) electrons. The third kappa shape index (κ3) is 3.85. The van der Waals surface area contributed by atoms with Crippen LogP contribution >= 0.6 is 0 Å². The number of amides is 1. The van der Waals surface area contributed by atoms with E-state index in [0.717, 1.165) is 22.0 Å². The van der Waals surface area contributed by atoms with Gasteiger partial charge in [-0.3, -0.25) is 9.63 Å². The molecule has 0 aliphatic heterocycles. The van der Waals surface area contributed by atoms with Crippen molar-refractivity contribution >= 4 is 16.8 Å². The van der Waals surface area contributed by atoms with Gasteiger partial charge >= 0.3 is 0 Å². The van der Waals surface area contributed by atoms with E-state index in [1.54, 1.807) is 26.4 Å². The highest BCUT2D eigenvalue weighted by Gasteiger charge is 2.17. The molecule has 0 atom stereocenters. The molecule has 1 heterocycles. The summed E-state index contributed by atoms with van der Waals surface area (Å²) >= 11 is 0. The summed E-state index contributed by atoms with van der Waals surface area (Å²) in [7, 11) is 3.19. The van der Waals surface area contributed by atoms with Crippen molar-refractivity contribution in [2.75, 3.05) is 20.8 Å². The zero-order chi connectivity index (χ0) is 19.4.